The molecule has 1 aliphatic rings. The summed E-state index contributed by atoms with van der Waals surface area (Å²) in [7, 11) is 0. The number of aryl methyl sites for hydroxylation is 1. The van der Waals surface area contributed by atoms with Crippen molar-refractivity contribution < 1.29 is 24.2 Å². The molecule has 7 heteroatoms. The van der Waals surface area contributed by atoms with Crippen molar-refractivity contribution in [1.29, 1.82) is 0 Å². The van der Waals surface area contributed by atoms with E-state index in [9.17, 15) is 9.59 Å². The topological polar surface area (TPSA) is 76.1 Å². The van der Waals surface area contributed by atoms with Gasteiger partial charge in [-0.05, 0) is 30.7 Å². The van der Waals surface area contributed by atoms with Crippen LogP contribution in [0.2, 0.25) is 5.02 Å². The normalized spacial score (nSPS) is 18.1. The highest BCUT2D eigenvalue weighted by Crippen LogP contribution is 2.21. The lowest BCUT2D eigenvalue weighted by Crippen LogP contribution is -2.47. The third kappa shape index (κ3) is 4.61. The van der Waals surface area contributed by atoms with Crippen molar-refractivity contribution in [2.75, 3.05) is 26.3 Å². The number of halogens is 1. The number of hydrogen-bond acceptors (Lipinski definition) is 4. The standard InChI is InChI=1S/C15H18ClNO5/c1-10-6-11(16)2-3-13(10)22-9-14(18)17-4-5-21-12(8-17)7-15(19)20/h2-3,6,12H,4-5,7-9H2,1H3,(H,19,20)/t12-/m0/s1. The van der Waals surface area contributed by atoms with Gasteiger partial charge >= 0.3 is 5.97 Å². The predicted octanol–water partition coefficient (Wildman–Crippen LogP) is 1.73. The Bertz CT molecular complexity index is 563. The minimum Gasteiger partial charge on any atom is -0.483 e. The van der Waals surface area contributed by atoms with Gasteiger partial charge in [-0.3, -0.25) is 9.59 Å². The summed E-state index contributed by atoms with van der Waals surface area (Å²) in [4.78, 5) is 24.4. The Balaban J connectivity index is 1.87. The molecular weight excluding hydrogens is 310 g/mol. The highest BCUT2D eigenvalue weighted by atomic mass is 35.5. The summed E-state index contributed by atoms with van der Waals surface area (Å²) in [5.74, 6) is -0.520. The van der Waals surface area contributed by atoms with Crippen molar-refractivity contribution in [3.63, 3.8) is 0 Å². The fourth-order valence-electron chi connectivity index (χ4n) is 2.27. The largest absolute Gasteiger partial charge is 0.483 e. The highest BCUT2D eigenvalue weighted by Gasteiger charge is 2.26. The average molecular weight is 328 g/mol. The number of nitrogens with zero attached hydrogens (tertiary/aromatic N) is 1. The van der Waals surface area contributed by atoms with Crippen molar-refractivity contribution >= 4 is 23.5 Å². The van der Waals surface area contributed by atoms with Crippen LogP contribution in [0, 0.1) is 6.92 Å². The zero-order valence-corrected chi connectivity index (χ0v) is 13.0. The number of carboxylic acids is 1. The summed E-state index contributed by atoms with van der Waals surface area (Å²) in [6, 6.07) is 5.18. The van der Waals surface area contributed by atoms with Crippen molar-refractivity contribution in [1.82, 2.24) is 4.90 Å². The Labute approximate surface area is 133 Å². The van der Waals surface area contributed by atoms with Crippen LogP contribution in [-0.4, -0.2) is 54.3 Å². The van der Waals surface area contributed by atoms with Gasteiger partial charge < -0.3 is 19.5 Å². The number of hydrogen-bond donors (Lipinski definition) is 1. The zero-order valence-electron chi connectivity index (χ0n) is 12.3. The lowest BCUT2D eigenvalue weighted by atomic mass is 10.2. The van der Waals surface area contributed by atoms with Crippen molar-refractivity contribution in [3.8, 4) is 5.75 Å². The van der Waals surface area contributed by atoms with Crippen LogP contribution in [0.15, 0.2) is 18.2 Å². The second-order valence-electron chi connectivity index (χ2n) is 5.13. The molecule has 1 heterocycles. The predicted molar refractivity (Wildman–Crippen MR) is 80.3 cm³/mol. The lowest BCUT2D eigenvalue weighted by Gasteiger charge is -2.32. The molecule has 6 nitrogen and oxygen atoms in total. The molecule has 2 rings (SSSR count). The SMILES string of the molecule is Cc1cc(Cl)ccc1OCC(=O)N1CCO[C@@H](CC(=O)O)C1. The van der Waals surface area contributed by atoms with E-state index in [0.717, 1.165) is 5.56 Å². The van der Waals surface area contributed by atoms with E-state index in [2.05, 4.69) is 0 Å². The van der Waals surface area contributed by atoms with Crippen LogP contribution in [0.5, 0.6) is 5.75 Å². The summed E-state index contributed by atoms with van der Waals surface area (Å²) < 4.78 is 10.9. The Kier molecular flexibility index (Phi) is 5.63. The number of aliphatic carboxylic acids is 1. The number of morpholine rings is 1. The van der Waals surface area contributed by atoms with Crippen molar-refractivity contribution in [2.45, 2.75) is 19.4 Å². The molecule has 120 valence electrons. The van der Waals surface area contributed by atoms with E-state index in [4.69, 9.17) is 26.2 Å². The molecule has 1 fully saturated rings. The molecule has 22 heavy (non-hydrogen) atoms. The Morgan fingerprint density at radius 3 is 2.95 bits per heavy atom. The Morgan fingerprint density at radius 1 is 1.50 bits per heavy atom. The molecule has 0 saturated carbocycles. The van der Waals surface area contributed by atoms with Gasteiger partial charge in [0.15, 0.2) is 6.61 Å². The number of carbonyl (C=O) groups excluding carboxylic acids is 1. The number of carboxylic acid groups (broad SMARTS) is 1. The third-order valence-electron chi connectivity index (χ3n) is 3.38. The molecule has 0 spiro atoms. The van der Waals surface area contributed by atoms with Gasteiger partial charge in [0.2, 0.25) is 0 Å². The van der Waals surface area contributed by atoms with Crippen LogP contribution in [-0.2, 0) is 14.3 Å². The Hall–Kier alpha value is -1.79. The first-order valence-corrected chi connectivity index (χ1v) is 7.33. The summed E-state index contributed by atoms with van der Waals surface area (Å²) in [6.45, 7) is 2.81. The maximum Gasteiger partial charge on any atom is 0.306 e. The highest BCUT2D eigenvalue weighted by molar-refractivity contribution is 6.30. The van der Waals surface area contributed by atoms with E-state index in [-0.39, 0.29) is 25.5 Å². The van der Waals surface area contributed by atoms with Crippen LogP contribution in [0.1, 0.15) is 12.0 Å². The lowest BCUT2D eigenvalue weighted by molar-refractivity contribution is -0.148. The maximum atomic E-state index is 12.2. The number of ether oxygens (including phenoxy) is 2. The van der Waals surface area contributed by atoms with Gasteiger partial charge in [-0.25, -0.2) is 0 Å². The number of amides is 1. The van der Waals surface area contributed by atoms with Crippen LogP contribution in [0.25, 0.3) is 0 Å². The zero-order chi connectivity index (χ0) is 16.1. The second-order valence-corrected chi connectivity index (χ2v) is 5.57. The van der Waals surface area contributed by atoms with Gasteiger partial charge in [-0.1, -0.05) is 11.6 Å². The van der Waals surface area contributed by atoms with Crippen LogP contribution in [0.4, 0.5) is 0 Å². The summed E-state index contributed by atoms with van der Waals surface area (Å²) in [6.07, 6.45) is -0.575. The summed E-state index contributed by atoms with van der Waals surface area (Å²) in [5.41, 5.74) is 0.853. The smallest absolute Gasteiger partial charge is 0.306 e. The monoisotopic (exact) mass is 327 g/mol. The minimum atomic E-state index is -0.938. The van der Waals surface area contributed by atoms with Gasteiger partial charge in [0, 0.05) is 18.1 Å². The van der Waals surface area contributed by atoms with E-state index in [1.807, 2.05) is 6.92 Å². The molecule has 1 aromatic rings. The quantitative estimate of drug-likeness (QED) is 0.891. The van der Waals surface area contributed by atoms with Gasteiger partial charge in [0.05, 0.1) is 19.1 Å². The average Bonchev–Trinajstić information content (AvgIpc) is 2.45. The molecule has 1 aromatic carbocycles. The van der Waals surface area contributed by atoms with Gasteiger partial charge in [0.25, 0.3) is 5.91 Å². The molecule has 1 saturated heterocycles. The van der Waals surface area contributed by atoms with E-state index in [0.29, 0.717) is 23.9 Å². The first kappa shape index (κ1) is 16.6. The van der Waals surface area contributed by atoms with Crippen LogP contribution in [0.3, 0.4) is 0 Å². The molecule has 0 unspecified atom stereocenters. The third-order valence-corrected chi connectivity index (χ3v) is 3.62. The molecule has 1 N–H and O–H groups in total. The van der Waals surface area contributed by atoms with Crippen LogP contribution < -0.4 is 4.74 Å². The second kappa shape index (κ2) is 7.47. The molecule has 0 bridgehead atoms. The fraction of sp³-hybridized carbons (Fsp3) is 0.467. The minimum absolute atomic E-state index is 0.0950. The van der Waals surface area contributed by atoms with Gasteiger partial charge in [0.1, 0.15) is 5.75 Å². The number of rotatable bonds is 5. The van der Waals surface area contributed by atoms with Crippen LogP contribution >= 0.6 is 11.6 Å². The van der Waals surface area contributed by atoms with E-state index >= 15 is 0 Å². The molecule has 0 radical (unpaired) electrons. The van der Waals surface area contributed by atoms with Gasteiger partial charge in [-0.15, -0.1) is 0 Å². The number of benzene rings is 1. The molecule has 1 amide bonds. The first-order chi connectivity index (χ1) is 10.5. The molecule has 1 atom stereocenters. The Morgan fingerprint density at radius 2 is 2.27 bits per heavy atom. The van der Waals surface area contributed by atoms with Crippen molar-refractivity contribution in [2.24, 2.45) is 0 Å². The number of carbonyl (C=O) groups is 2. The summed E-state index contributed by atoms with van der Waals surface area (Å²) >= 11 is 5.87. The van der Waals surface area contributed by atoms with E-state index in [1.165, 1.54) is 0 Å². The summed E-state index contributed by atoms with van der Waals surface area (Å²) in [5, 5.41) is 9.39. The molecule has 0 aliphatic carbocycles. The molecule has 1 aliphatic heterocycles. The maximum absolute atomic E-state index is 12.2. The molecular formula is C15H18ClNO5. The van der Waals surface area contributed by atoms with Crippen molar-refractivity contribution in [3.05, 3.63) is 28.8 Å². The fourth-order valence-corrected chi connectivity index (χ4v) is 2.50. The molecule has 0 aromatic heterocycles. The van der Waals surface area contributed by atoms with Gasteiger partial charge in [-0.2, -0.15) is 0 Å². The van der Waals surface area contributed by atoms with E-state index < -0.39 is 12.1 Å². The van der Waals surface area contributed by atoms with E-state index in [1.54, 1.807) is 23.1 Å². The first-order valence-electron chi connectivity index (χ1n) is 6.96.